The van der Waals surface area contributed by atoms with Crippen molar-refractivity contribution in [3.05, 3.63) is 35.7 Å². The van der Waals surface area contributed by atoms with Gasteiger partial charge in [0, 0.05) is 44.4 Å². The van der Waals surface area contributed by atoms with Crippen molar-refractivity contribution in [3.8, 4) is 11.5 Å². The molecular weight excluding hydrogens is 427 g/mol. The summed E-state index contributed by atoms with van der Waals surface area (Å²) in [5.41, 5.74) is 2.43. The fourth-order valence-corrected chi connectivity index (χ4v) is 4.07. The third kappa shape index (κ3) is 4.01. The van der Waals surface area contributed by atoms with Crippen molar-refractivity contribution in [2.75, 3.05) is 36.3 Å². The second kappa shape index (κ2) is 7.33. The standard InChI is InChI=1S/C20H22F3N7S/c1-19(2)8-11-6-13(24-10-15(11)30(19)5)16-26-18(31-28-16)27-17-14(29(3)4)7-12(9-25-17)20(21,22)23/h6-7,9-10H,8H2,1-5H3,(H,25,26,27,28). The first-order valence-electron chi connectivity index (χ1n) is 9.54. The minimum atomic E-state index is -4.46. The van der Waals surface area contributed by atoms with Crippen molar-refractivity contribution in [3.63, 3.8) is 0 Å². The Morgan fingerprint density at radius 2 is 1.90 bits per heavy atom. The number of pyridine rings is 2. The highest BCUT2D eigenvalue weighted by molar-refractivity contribution is 7.09. The van der Waals surface area contributed by atoms with Crippen LogP contribution in [0, 0.1) is 0 Å². The molecule has 164 valence electrons. The van der Waals surface area contributed by atoms with E-state index in [4.69, 9.17) is 0 Å². The molecule has 0 saturated carbocycles. The van der Waals surface area contributed by atoms with Gasteiger partial charge in [0.1, 0.15) is 5.69 Å². The summed E-state index contributed by atoms with van der Waals surface area (Å²) in [5, 5.41) is 3.41. The fourth-order valence-electron chi connectivity index (χ4n) is 3.49. The second-order valence-electron chi connectivity index (χ2n) is 8.28. The van der Waals surface area contributed by atoms with E-state index in [1.165, 1.54) is 5.56 Å². The number of fused-ring (bicyclic) bond motifs is 1. The van der Waals surface area contributed by atoms with E-state index in [0.29, 0.717) is 22.3 Å². The number of nitrogens with zero attached hydrogens (tertiary/aromatic N) is 6. The third-order valence-electron chi connectivity index (χ3n) is 5.42. The van der Waals surface area contributed by atoms with Gasteiger partial charge in [-0.2, -0.15) is 22.5 Å². The molecule has 0 unspecified atom stereocenters. The van der Waals surface area contributed by atoms with Gasteiger partial charge in [0.2, 0.25) is 5.13 Å². The number of hydrogen-bond donors (Lipinski definition) is 1. The van der Waals surface area contributed by atoms with Crippen LogP contribution >= 0.6 is 11.5 Å². The average molecular weight is 450 g/mol. The molecule has 1 aliphatic heterocycles. The van der Waals surface area contributed by atoms with E-state index in [1.54, 1.807) is 19.0 Å². The zero-order valence-corrected chi connectivity index (χ0v) is 18.6. The largest absolute Gasteiger partial charge is 0.417 e. The molecule has 7 nitrogen and oxygen atoms in total. The summed E-state index contributed by atoms with van der Waals surface area (Å²) < 4.78 is 43.5. The quantitative estimate of drug-likeness (QED) is 0.625. The van der Waals surface area contributed by atoms with Crippen molar-refractivity contribution < 1.29 is 13.2 Å². The lowest BCUT2D eigenvalue weighted by atomic mass is 10.00. The highest BCUT2D eigenvalue weighted by Crippen LogP contribution is 2.39. The molecule has 3 aromatic rings. The number of aromatic nitrogens is 4. The molecule has 11 heteroatoms. The Morgan fingerprint density at radius 1 is 1.16 bits per heavy atom. The topological polar surface area (TPSA) is 70.1 Å². The van der Waals surface area contributed by atoms with Crippen molar-refractivity contribution in [1.29, 1.82) is 0 Å². The van der Waals surface area contributed by atoms with Crippen molar-refractivity contribution in [2.45, 2.75) is 32.0 Å². The third-order valence-corrected chi connectivity index (χ3v) is 6.05. The Kier molecular flexibility index (Phi) is 5.03. The Hall–Kier alpha value is -2.95. The van der Waals surface area contributed by atoms with Gasteiger partial charge in [-0.25, -0.2) is 4.98 Å². The van der Waals surface area contributed by atoms with Crippen LogP contribution in [-0.2, 0) is 12.6 Å². The summed E-state index contributed by atoms with van der Waals surface area (Å²) in [4.78, 5) is 16.7. The number of anilines is 4. The number of likely N-dealkylation sites (N-methyl/N-ethyl adjacent to an activating group) is 1. The molecule has 0 atom stereocenters. The van der Waals surface area contributed by atoms with Crippen LogP contribution in [0.2, 0.25) is 0 Å². The minimum Gasteiger partial charge on any atom is -0.375 e. The van der Waals surface area contributed by atoms with Gasteiger partial charge in [0.15, 0.2) is 11.6 Å². The Bertz CT molecular complexity index is 1120. The number of alkyl halides is 3. The van der Waals surface area contributed by atoms with Crippen LogP contribution in [0.15, 0.2) is 24.5 Å². The second-order valence-corrected chi connectivity index (χ2v) is 9.03. The summed E-state index contributed by atoms with van der Waals surface area (Å²) in [6.07, 6.45) is -0.938. The molecular formula is C20H22F3N7S. The molecule has 3 aromatic heterocycles. The zero-order valence-electron chi connectivity index (χ0n) is 17.7. The fraction of sp³-hybridized carbons (Fsp3) is 0.400. The van der Waals surface area contributed by atoms with Gasteiger partial charge < -0.3 is 15.1 Å². The maximum absolute atomic E-state index is 13.0. The molecule has 0 aromatic carbocycles. The van der Waals surface area contributed by atoms with Gasteiger partial charge in [-0.05, 0) is 38.0 Å². The van der Waals surface area contributed by atoms with E-state index in [0.717, 1.165) is 35.9 Å². The highest BCUT2D eigenvalue weighted by Gasteiger charge is 2.34. The predicted molar refractivity (Wildman–Crippen MR) is 116 cm³/mol. The Balaban J connectivity index is 1.60. The molecule has 1 aliphatic rings. The minimum absolute atomic E-state index is 0.0156. The lowest BCUT2D eigenvalue weighted by Crippen LogP contribution is -2.37. The summed E-state index contributed by atoms with van der Waals surface area (Å²) in [7, 11) is 5.36. The van der Waals surface area contributed by atoms with Crippen molar-refractivity contribution in [2.24, 2.45) is 0 Å². The summed E-state index contributed by atoms with van der Waals surface area (Å²) in [6, 6.07) is 3.05. The van der Waals surface area contributed by atoms with Crippen LogP contribution in [0.5, 0.6) is 0 Å². The van der Waals surface area contributed by atoms with E-state index >= 15 is 0 Å². The molecule has 0 amide bonds. The molecule has 31 heavy (non-hydrogen) atoms. The van der Waals surface area contributed by atoms with Crippen LogP contribution in [-0.4, -0.2) is 46.0 Å². The molecule has 0 bridgehead atoms. The molecule has 0 fully saturated rings. The zero-order chi connectivity index (χ0) is 22.6. The van der Waals surface area contributed by atoms with E-state index in [1.807, 2.05) is 12.3 Å². The predicted octanol–water partition coefficient (Wildman–Crippen LogP) is 4.59. The summed E-state index contributed by atoms with van der Waals surface area (Å²) >= 11 is 1.10. The van der Waals surface area contributed by atoms with Gasteiger partial charge in [-0.3, -0.25) is 4.98 Å². The lowest BCUT2D eigenvalue weighted by Gasteiger charge is -2.29. The van der Waals surface area contributed by atoms with Crippen molar-refractivity contribution >= 4 is 33.9 Å². The Labute approximate surface area is 182 Å². The van der Waals surface area contributed by atoms with E-state index in [9.17, 15) is 13.2 Å². The van der Waals surface area contributed by atoms with Crippen LogP contribution in [0.3, 0.4) is 0 Å². The van der Waals surface area contributed by atoms with Gasteiger partial charge in [-0.1, -0.05) is 0 Å². The molecule has 0 radical (unpaired) electrons. The first-order chi connectivity index (χ1) is 14.5. The molecule has 0 aliphatic carbocycles. The van der Waals surface area contributed by atoms with Crippen LogP contribution in [0.1, 0.15) is 25.0 Å². The van der Waals surface area contributed by atoms with Gasteiger partial charge in [0.25, 0.3) is 0 Å². The molecule has 0 spiro atoms. The number of hydrogen-bond acceptors (Lipinski definition) is 8. The first kappa shape index (κ1) is 21.3. The van der Waals surface area contributed by atoms with Crippen LogP contribution in [0.4, 0.5) is 35.5 Å². The molecule has 4 heterocycles. The Morgan fingerprint density at radius 3 is 2.58 bits per heavy atom. The maximum Gasteiger partial charge on any atom is 0.417 e. The van der Waals surface area contributed by atoms with Crippen molar-refractivity contribution in [1.82, 2.24) is 19.3 Å². The first-order valence-corrected chi connectivity index (χ1v) is 10.3. The monoisotopic (exact) mass is 449 g/mol. The normalized spacial score (nSPS) is 15.2. The maximum atomic E-state index is 13.0. The summed E-state index contributed by atoms with van der Waals surface area (Å²) in [6.45, 7) is 4.35. The van der Waals surface area contributed by atoms with Crippen LogP contribution in [0.25, 0.3) is 11.5 Å². The van der Waals surface area contributed by atoms with Crippen LogP contribution < -0.4 is 15.1 Å². The summed E-state index contributed by atoms with van der Waals surface area (Å²) in [5.74, 6) is 0.729. The van der Waals surface area contributed by atoms with Gasteiger partial charge >= 0.3 is 6.18 Å². The molecule has 0 saturated heterocycles. The molecule has 1 N–H and O–H groups in total. The van der Waals surface area contributed by atoms with Gasteiger partial charge in [0.05, 0.1) is 23.1 Å². The SMILES string of the molecule is CN(C)c1cc(C(F)(F)F)cnc1Nc1nc(-c2cc3c(cn2)N(C)C(C)(C)C3)ns1. The van der Waals surface area contributed by atoms with E-state index in [2.05, 4.69) is 50.4 Å². The van der Waals surface area contributed by atoms with E-state index < -0.39 is 11.7 Å². The number of halogens is 3. The number of rotatable bonds is 4. The van der Waals surface area contributed by atoms with E-state index in [-0.39, 0.29) is 11.4 Å². The highest BCUT2D eigenvalue weighted by atomic mass is 32.1. The average Bonchev–Trinajstić information content (AvgIpc) is 3.23. The van der Waals surface area contributed by atoms with Gasteiger partial charge in [-0.15, -0.1) is 0 Å². The molecule has 4 rings (SSSR count). The number of nitrogens with one attached hydrogen (secondary N) is 1. The lowest BCUT2D eigenvalue weighted by molar-refractivity contribution is -0.137. The smallest absolute Gasteiger partial charge is 0.375 e.